The number of carbonyl (C=O) groups is 4. The molecule has 3 unspecified atom stereocenters. The lowest BCUT2D eigenvalue weighted by Crippen LogP contribution is -2.56. The van der Waals surface area contributed by atoms with Crippen molar-refractivity contribution in [3.05, 3.63) is 71.3 Å². The topological polar surface area (TPSA) is 114 Å². The van der Waals surface area contributed by atoms with Crippen molar-refractivity contribution < 1.29 is 28.7 Å². The van der Waals surface area contributed by atoms with Gasteiger partial charge in [-0.25, -0.2) is 4.79 Å². The summed E-state index contributed by atoms with van der Waals surface area (Å²) < 4.78 is 10.2. The summed E-state index contributed by atoms with van der Waals surface area (Å²) in [4.78, 5) is 55.0. The first-order valence-electron chi connectivity index (χ1n) is 15.0. The number of nitrogens with one attached hydrogen (secondary N) is 2. The first kappa shape index (κ1) is 35.3. The Morgan fingerprint density at radius 1 is 0.884 bits per heavy atom. The van der Waals surface area contributed by atoms with E-state index in [9.17, 15) is 19.2 Å². The third-order valence-corrected chi connectivity index (χ3v) is 7.03. The van der Waals surface area contributed by atoms with Crippen molar-refractivity contribution in [2.24, 2.45) is 5.92 Å². The van der Waals surface area contributed by atoms with Crippen LogP contribution in [0.2, 0.25) is 0 Å². The van der Waals surface area contributed by atoms with Gasteiger partial charge in [0.15, 0.2) is 0 Å². The molecule has 236 valence electrons. The van der Waals surface area contributed by atoms with Gasteiger partial charge in [0.05, 0.1) is 7.11 Å². The summed E-state index contributed by atoms with van der Waals surface area (Å²) in [5.74, 6) is -1.18. The maximum atomic E-state index is 14.7. The van der Waals surface area contributed by atoms with Gasteiger partial charge in [-0.15, -0.1) is 0 Å². The van der Waals surface area contributed by atoms with E-state index in [2.05, 4.69) is 24.5 Å². The number of benzene rings is 2. The van der Waals surface area contributed by atoms with Gasteiger partial charge in [-0.2, -0.15) is 0 Å². The number of rotatable bonds is 14. The van der Waals surface area contributed by atoms with Gasteiger partial charge in [0.25, 0.3) is 0 Å². The summed E-state index contributed by atoms with van der Waals surface area (Å²) in [6, 6.07) is 14.4. The molecule has 0 aromatic heterocycles. The maximum absolute atomic E-state index is 14.7. The molecule has 43 heavy (non-hydrogen) atoms. The van der Waals surface area contributed by atoms with E-state index < -0.39 is 41.6 Å². The number of amides is 3. The number of hydrogen-bond acceptors (Lipinski definition) is 6. The molecule has 2 N–H and O–H groups in total. The van der Waals surface area contributed by atoms with Crippen molar-refractivity contribution in [2.45, 2.75) is 97.9 Å². The van der Waals surface area contributed by atoms with Gasteiger partial charge in [-0.1, -0.05) is 75.4 Å². The second kappa shape index (κ2) is 16.7. The van der Waals surface area contributed by atoms with E-state index in [1.54, 1.807) is 25.7 Å². The molecular weight excluding hydrogens is 546 g/mol. The van der Waals surface area contributed by atoms with Crippen LogP contribution in [-0.4, -0.2) is 60.1 Å². The lowest BCUT2D eigenvalue weighted by atomic mass is 9.95. The fourth-order valence-electron chi connectivity index (χ4n) is 4.69. The monoisotopic (exact) mass is 595 g/mol. The Labute approximate surface area is 256 Å². The third-order valence-electron chi connectivity index (χ3n) is 7.03. The highest BCUT2D eigenvalue weighted by Gasteiger charge is 2.39. The SMILES string of the molecule is CCc1ccc(C(C(=O)NCC(=O)OC)N(C(=O)C(Cc2ccccc2)NC(=O)OC(C)(C)C)C(C)CCC(C)C)cc1. The lowest BCUT2D eigenvalue weighted by molar-refractivity contribution is -0.146. The maximum Gasteiger partial charge on any atom is 0.408 e. The molecule has 9 heteroatoms. The fraction of sp³-hybridized carbons (Fsp3) is 0.529. The predicted molar refractivity (Wildman–Crippen MR) is 167 cm³/mol. The second-order valence-electron chi connectivity index (χ2n) is 12.2. The van der Waals surface area contributed by atoms with Gasteiger partial charge in [0.2, 0.25) is 11.8 Å². The van der Waals surface area contributed by atoms with Crippen molar-refractivity contribution in [2.75, 3.05) is 13.7 Å². The number of esters is 1. The van der Waals surface area contributed by atoms with Gasteiger partial charge < -0.3 is 25.0 Å². The molecule has 3 atom stereocenters. The Bertz CT molecular complexity index is 1190. The molecule has 3 amide bonds. The summed E-state index contributed by atoms with van der Waals surface area (Å²) in [5, 5.41) is 5.44. The van der Waals surface area contributed by atoms with Crippen LogP contribution in [0.1, 0.15) is 84.0 Å². The van der Waals surface area contributed by atoms with E-state index in [0.29, 0.717) is 17.9 Å². The van der Waals surface area contributed by atoms with Crippen LogP contribution >= 0.6 is 0 Å². The Balaban J connectivity index is 2.64. The molecule has 0 aliphatic rings. The number of carbonyl (C=O) groups excluding carboxylic acids is 4. The molecule has 2 rings (SSSR count). The van der Waals surface area contributed by atoms with E-state index in [1.165, 1.54) is 7.11 Å². The molecule has 0 fully saturated rings. The molecule has 0 saturated carbocycles. The van der Waals surface area contributed by atoms with Crippen LogP contribution < -0.4 is 10.6 Å². The normalized spacial score (nSPS) is 13.4. The summed E-state index contributed by atoms with van der Waals surface area (Å²) in [7, 11) is 1.25. The van der Waals surface area contributed by atoms with Gasteiger partial charge in [-0.3, -0.25) is 14.4 Å². The molecule has 0 aliphatic heterocycles. The molecule has 0 heterocycles. The van der Waals surface area contributed by atoms with Gasteiger partial charge in [0, 0.05) is 12.5 Å². The van der Waals surface area contributed by atoms with Crippen molar-refractivity contribution in [1.29, 1.82) is 0 Å². The summed E-state index contributed by atoms with van der Waals surface area (Å²) in [6.07, 6.45) is 1.72. The first-order valence-corrected chi connectivity index (χ1v) is 15.0. The quantitative estimate of drug-likeness (QED) is 0.284. The van der Waals surface area contributed by atoms with Crippen LogP contribution in [0.3, 0.4) is 0 Å². The van der Waals surface area contributed by atoms with Crippen LogP contribution in [-0.2, 0) is 36.7 Å². The largest absolute Gasteiger partial charge is 0.468 e. The van der Waals surface area contributed by atoms with Gasteiger partial charge in [-0.05, 0) is 69.6 Å². The lowest BCUT2D eigenvalue weighted by Gasteiger charge is -2.39. The summed E-state index contributed by atoms with van der Waals surface area (Å²) in [5.41, 5.74) is 1.74. The number of nitrogens with zero attached hydrogens (tertiary/aromatic N) is 1. The van der Waals surface area contributed by atoms with E-state index in [1.807, 2.05) is 68.4 Å². The molecule has 0 bridgehead atoms. The molecule has 0 aliphatic carbocycles. The number of ether oxygens (including phenoxy) is 2. The minimum absolute atomic E-state index is 0.192. The van der Waals surface area contributed by atoms with Crippen LogP contribution in [0, 0.1) is 5.92 Å². The van der Waals surface area contributed by atoms with Crippen molar-refractivity contribution in [1.82, 2.24) is 15.5 Å². The van der Waals surface area contributed by atoms with Gasteiger partial charge in [0.1, 0.15) is 24.2 Å². The fourth-order valence-corrected chi connectivity index (χ4v) is 4.69. The molecule has 0 saturated heterocycles. The number of alkyl carbamates (subject to hydrolysis) is 1. The highest BCUT2D eigenvalue weighted by molar-refractivity contribution is 5.93. The average Bonchev–Trinajstić information content (AvgIpc) is 2.96. The van der Waals surface area contributed by atoms with Crippen LogP contribution in [0.4, 0.5) is 4.79 Å². The molecule has 0 spiro atoms. The highest BCUT2D eigenvalue weighted by atomic mass is 16.6. The molecule has 0 radical (unpaired) electrons. The molecule has 2 aromatic carbocycles. The van der Waals surface area contributed by atoms with Crippen molar-refractivity contribution >= 4 is 23.9 Å². The zero-order valence-electron chi connectivity index (χ0n) is 26.9. The van der Waals surface area contributed by atoms with E-state index >= 15 is 0 Å². The smallest absolute Gasteiger partial charge is 0.408 e. The van der Waals surface area contributed by atoms with Crippen LogP contribution in [0.25, 0.3) is 0 Å². The molecule has 9 nitrogen and oxygen atoms in total. The van der Waals surface area contributed by atoms with E-state index in [4.69, 9.17) is 9.47 Å². The molecular formula is C34H49N3O6. The van der Waals surface area contributed by atoms with Crippen molar-refractivity contribution in [3.63, 3.8) is 0 Å². The third kappa shape index (κ3) is 11.7. The highest BCUT2D eigenvalue weighted by Crippen LogP contribution is 2.28. The second-order valence-corrected chi connectivity index (χ2v) is 12.2. The van der Waals surface area contributed by atoms with Crippen LogP contribution in [0.15, 0.2) is 54.6 Å². The van der Waals surface area contributed by atoms with E-state index in [-0.39, 0.29) is 19.0 Å². The number of methoxy groups -OCH3 is 1. The Hall–Kier alpha value is -3.88. The minimum atomic E-state index is -1.07. The average molecular weight is 596 g/mol. The number of hydrogen-bond donors (Lipinski definition) is 2. The predicted octanol–water partition coefficient (Wildman–Crippen LogP) is 5.37. The Morgan fingerprint density at radius 3 is 2.05 bits per heavy atom. The van der Waals surface area contributed by atoms with Crippen molar-refractivity contribution in [3.8, 4) is 0 Å². The standard InChI is InChI=1S/C34H49N3O6/c1-9-25-17-19-27(20-18-25)30(31(39)35-22-29(38)42-8)37(24(4)16-15-23(2)3)32(40)28(21-26-13-11-10-12-14-26)36-33(41)43-34(5,6)7/h10-14,17-20,23-24,28,30H,9,15-16,21-22H2,1-8H3,(H,35,39)(H,36,41). The van der Waals surface area contributed by atoms with E-state index in [0.717, 1.165) is 24.0 Å². The molecule has 2 aromatic rings. The Morgan fingerprint density at radius 2 is 1.51 bits per heavy atom. The zero-order chi connectivity index (χ0) is 32.2. The summed E-state index contributed by atoms with van der Waals surface area (Å²) in [6.45, 7) is 13.1. The first-order chi connectivity index (χ1) is 20.2. The van der Waals surface area contributed by atoms with Crippen LogP contribution in [0.5, 0.6) is 0 Å². The Kier molecular flexibility index (Phi) is 13.7. The minimum Gasteiger partial charge on any atom is -0.468 e. The summed E-state index contributed by atoms with van der Waals surface area (Å²) >= 11 is 0. The zero-order valence-corrected chi connectivity index (χ0v) is 26.9. The van der Waals surface area contributed by atoms with Gasteiger partial charge >= 0.3 is 12.1 Å². The number of aryl methyl sites for hydroxylation is 1.